The molecule has 1 atom stereocenters. The molecule has 0 aliphatic carbocycles. The van der Waals surface area contributed by atoms with Crippen LogP contribution in [0.15, 0.2) is 42.5 Å². The molecule has 6 nitrogen and oxygen atoms in total. The second-order valence-corrected chi connectivity index (χ2v) is 9.26. The molecule has 2 N–H and O–H groups in total. The quantitative estimate of drug-likeness (QED) is 0.615. The molecule has 2 aromatic carbocycles. The molecule has 1 aliphatic heterocycles. The van der Waals surface area contributed by atoms with E-state index in [9.17, 15) is 19.4 Å². The van der Waals surface area contributed by atoms with Crippen LogP contribution in [0, 0.1) is 5.82 Å². The second kappa shape index (κ2) is 8.12. The molecule has 1 aromatic heterocycles. The Morgan fingerprint density at radius 2 is 1.77 bits per heavy atom. The van der Waals surface area contributed by atoms with Crippen LogP contribution in [-0.4, -0.2) is 62.9 Å². The third-order valence-corrected chi connectivity index (χ3v) is 7.41. The number of aromatic hydroxyl groups is 1. The van der Waals surface area contributed by atoms with E-state index in [1.807, 2.05) is 18.2 Å². The molecule has 0 bridgehead atoms. The monoisotopic (exact) mass is 429 g/mol. The van der Waals surface area contributed by atoms with Gasteiger partial charge < -0.3 is 19.7 Å². The minimum atomic E-state index is -1.09. The van der Waals surface area contributed by atoms with Gasteiger partial charge in [0.25, 0.3) is 0 Å². The van der Waals surface area contributed by atoms with Crippen molar-refractivity contribution in [2.75, 3.05) is 37.3 Å². The van der Waals surface area contributed by atoms with Gasteiger partial charge in [-0.15, -0.1) is 10.7 Å². The number of aromatic nitrogens is 1. The summed E-state index contributed by atoms with van der Waals surface area (Å²) in [7, 11) is 0.179. The number of rotatable bonds is 4. The SMILES string of the molecule is C/C=S(\C)N1CCN(c2ccc3c(c2)cc(C(=O)O)n3-c2ccc(F)c(O)c2)CC1. The zero-order valence-corrected chi connectivity index (χ0v) is 17.7. The third kappa shape index (κ3) is 3.68. The van der Waals surface area contributed by atoms with Gasteiger partial charge in [-0.25, -0.2) is 9.18 Å². The molecule has 3 aromatic rings. The minimum Gasteiger partial charge on any atom is -0.505 e. The molecular weight excluding hydrogens is 405 g/mol. The van der Waals surface area contributed by atoms with E-state index < -0.39 is 17.5 Å². The highest BCUT2D eigenvalue weighted by Gasteiger charge is 2.21. The van der Waals surface area contributed by atoms with E-state index in [1.165, 1.54) is 16.7 Å². The van der Waals surface area contributed by atoms with E-state index in [1.54, 1.807) is 6.07 Å². The first-order valence-corrected chi connectivity index (χ1v) is 11.4. The lowest BCUT2D eigenvalue weighted by atomic mass is 10.2. The van der Waals surface area contributed by atoms with Gasteiger partial charge in [-0.2, -0.15) is 0 Å². The van der Waals surface area contributed by atoms with Crippen LogP contribution in [0.5, 0.6) is 5.75 Å². The minimum absolute atomic E-state index is 0.0616. The van der Waals surface area contributed by atoms with Crippen molar-refractivity contribution in [3.8, 4) is 11.4 Å². The molecule has 1 unspecified atom stereocenters. The number of anilines is 1. The fourth-order valence-corrected chi connectivity index (χ4v) is 4.90. The predicted molar refractivity (Wildman–Crippen MR) is 121 cm³/mol. The summed E-state index contributed by atoms with van der Waals surface area (Å²) in [5, 5.41) is 22.5. The van der Waals surface area contributed by atoms with Crippen molar-refractivity contribution in [3.05, 3.63) is 54.0 Å². The average Bonchev–Trinajstić information content (AvgIpc) is 3.14. The summed E-state index contributed by atoms with van der Waals surface area (Å²) < 4.78 is 17.5. The van der Waals surface area contributed by atoms with Crippen LogP contribution in [0.3, 0.4) is 0 Å². The first-order valence-electron chi connectivity index (χ1n) is 9.71. The van der Waals surface area contributed by atoms with Gasteiger partial charge in [0.05, 0.1) is 11.2 Å². The number of aromatic carboxylic acids is 1. The standard InChI is InChI=1S/C22H24FN3O3S/c1-3-30(2)25-10-8-24(9-11-25)16-5-7-19-15(12-16)13-20(22(28)29)26(19)17-4-6-18(23)21(27)14-17/h3-7,12-14,27H,8-11H2,1-2H3,(H,28,29). The van der Waals surface area contributed by atoms with Crippen molar-refractivity contribution in [3.63, 3.8) is 0 Å². The van der Waals surface area contributed by atoms with Crippen molar-refractivity contribution in [2.45, 2.75) is 6.92 Å². The summed E-state index contributed by atoms with van der Waals surface area (Å²) >= 11 is 0. The molecule has 0 radical (unpaired) electrons. The average molecular weight is 430 g/mol. The number of phenolic OH excluding ortho intramolecular Hbond substituents is 1. The third-order valence-electron chi connectivity index (χ3n) is 5.54. The molecule has 30 heavy (non-hydrogen) atoms. The fourth-order valence-electron chi connectivity index (χ4n) is 3.86. The van der Waals surface area contributed by atoms with Crippen LogP contribution in [0.4, 0.5) is 10.1 Å². The number of carboxylic acid groups (broad SMARTS) is 1. The highest BCUT2D eigenvalue weighted by atomic mass is 32.2. The van der Waals surface area contributed by atoms with Crippen LogP contribution >= 0.6 is 10.7 Å². The Morgan fingerprint density at radius 1 is 1.07 bits per heavy atom. The van der Waals surface area contributed by atoms with Gasteiger partial charge >= 0.3 is 5.97 Å². The van der Waals surface area contributed by atoms with Crippen LogP contribution in [0.25, 0.3) is 16.6 Å². The van der Waals surface area contributed by atoms with Gasteiger partial charge in [0.15, 0.2) is 11.6 Å². The van der Waals surface area contributed by atoms with Gasteiger partial charge in [-0.1, -0.05) is 5.37 Å². The number of hydrogen-bond acceptors (Lipinski definition) is 4. The van der Waals surface area contributed by atoms with Crippen LogP contribution < -0.4 is 4.90 Å². The zero-order chi connectivity index (χ0) is 21.4. The van der Waals surface area contributed by atoms with E-state index in [4.69, 9.17) is 0 Å². The lowest BCUT2D eigenvalue weighted by molar-refractivity contribution is 0.0688. The maximum absolute atomic E-state index is 13.5. The van der Waals surface area contributed by atoms with Crippen molar-refractivity contribution in [1.82, 2.24) is 8.87 Å². The normalized spacial score (nSPS) is 16.3. The highest BCUT2D eigenvalue weighted by molar-refractivity contribution is 8.12. The molecule has 2 heterocycles. The summed E-state index contributed by atoms with van der Waals surface area (Å²) in [6, 6.07) is 11.3. The van der Waals surface area contributed by atoms with E-state index in [-0.39, 0.29) is 16.4 Å². The molecule has 0 amide bonds. The van der Waals surface area contributed by atoms with Crippen LogP contribution in [0.2, 0.25) is 0 Å². The van der Waals surface area contributed by atoms with Gasteiger partial charge in [0.1, 0.15) is 5.69 Å². The number of benzene rings is 2. The molecule has 8 heteroatoms. The molecule has 1 fully saturated rings. The number of halogens is 1. The predicted octanol–water partition coefficient (Wildman–Crippen LogP) is 3.93. The van der Waals surface area contributed by atoms with E-state index in [0.29, 0.717) is 11.2 Å². The van der Waals surface area contributed by atoms with Gasteiger partial charge in [0.2, 0.25) is 0 Å². The Balaban J connectivity index is 1.71. The van der Waals surface area contributed by atoms with E-state index in [2.05, 4.69) is 27.8 Å². The largest absolute Gasteiger partial charge is 0.505 e. The van der Waals surface area contributed by atoms with Gasteiger partial charge in [0, 0.05) is 43.3 Å². The first kappa shape index (κ1) is 20.4. The first-order chi connectivity index (χ1) is 14.4. The smallest absolute Gasteiger partial charge is 0.352 e. The Labute approximate surface area is 176 Å². The van der Waals surface area contributed by atoms with Crippen molar-refractivity contribution >= 4 is 38.6 Å². The van der Waals surface area contributed by atoms with Crippen LogP contribution in [-0.2, 0) is 0 Å². The van der Waals surface area contributed by atoms with Gasteiger partial charge in [-0.05, 0) is 49.6 Å². The fraction of sp³-hybridized carbons (Fsp3) is 0.273. The lowest BCUT2D eigenvalue weighted by Gasteiger charge is -2.36. The Kier molecular flexibility index (Phi) is 5.53. The topological polar surface area (TPSA) is 68.9 Å². The number of fused-ring (bicyclic) bond motifs is 1. The summed E-state index contributed by atoms with van der Waals surface area (Å²) in [6.07, 6.45) is 2.23. The number of piperazine rings is 1. The van der Waals surface area contributed by atoms with Crippen LogP contribution in [0.1, 0.15) is 17.4 Å². The highest BCUT2D eigenvalue weighted by Crippen LogP contribution is 2.31. The van der Waals surface area contributed by atoms with Crippen molar-refractivity contribution in [2.24, 2.45) is 0 Å². The van der Waals surface area contributed by atoms with Gasteiger partial charge in [-0.3, -0.25) is 4.31 Å². The zero-order valence-electron chi connectivity index (χ0n) is 16.9. The Morgan fingerprint density at radius 3 is 2.40 bits per heavy atom. The number of hydrogen-bond donors (Lipinski definition) is 2. The van der Waals surface area contributed by atoms with E-state index >= 15 is 0 Å². The summed E-state index contributed by atoms with van der Waals surface area (Å²) in [5.74, 6) is -2.35. The van der Waals surface area contributed by atoms with E-state index in [0.717, 1.165) is 43.3 Å². The number of nitrogens with zero attached hydrogens (tertiary/aromatic N) is 3. The molecule has 1 saturated heterocycles. The maximum Gasteiger partial charge on any atom is 0.352 e. The number of phenols is 1. The second-order valence-electron chi connectivity index (χ2n) is 7.22. The molecule has 158 valence electrons. The molecular formula is C22H24FN3O3S. The van der Waals surface area contributed by atoms with Crippen molar-refractivity contribution < 1.29 is 19.4 Å². The summed E-state index contributed by atoms with van der Waals surface area (Å²) in [5.41, 5.74) is 2.20. The Hall–Kier alpha value is -2.84. The molecule has 1 aliphatic rings. The Bertz CT molecular complexity index is 1150. The number of carboxylic acids is 1. The van der Waals surface area contributed by atoms with Crippen molar-refractivity contribution in [1.29, 1.82) is 0 Å². The molecule has 0 saturated carbocycles. The summed E-state index contributed by atoms with van der Waals surface area (Å²) in [6.45, 7) is 5.88. The maximum atomic E-state index is 13.5. The number of carbonyl (C=O) groups is 1. The lowest BCUT2D eigenvalue weighted by Crippen LogP contribution is -2.44. The summed E-state index contributed by atoms with van der Waals surface area (Å²) in [4.78, 5) is 14.2. The molecule has 4 rings (SSSR count). The molecule has 0 spiro atoms.